The van der Waals surface area contributed by atoms with Crippen molar-refractivity contribution in [2.45, 2.75) is 32.7 Å². The minimum atomic E-state index is -1.04. The molecule has 1 aromatic rings. The fraction of sp³-hybridized carbons (Fsp3) is 0.385. The average Bonchev–Trinajstić information content (AvgIpc) is 2.30. The molecule has 0 unspecified atom stereocenters. The Kier molecular flexibility index (Phi) is 4.69. The molecule has 0 bridgehead atoms. The Morgan fingerprint density at radius 2 is 1.88 bits per heavy atom. The zero-order valence-electron chi connectivity index (χ0n) is 10.1. The molecule has 1 aromatic carbocycles. The van der Waals surface area contributed by atoms with E-state index in [0.717, 1.165) is 12.8 Å². The van der Waals surface area contributed by atoms with Gasteiger partial charge in [0.05, 0.1) is 0 Å². The van der Waals surface area contributed by atoms with E-state index in [-0.39, 0.29) is 5.91 Å². The van der Waals surface area contributed by atoms with E-state index in [9.17, 15) is 9.59 Å². The van der Waals surface area contributed by atoms with E-state index in [1.54, 1.807) is 12.1 Å². The Morgan fingerprint density at radius 1 is 1.29 bits per heavy atom. The van der Waals surface area contributed by atoms with Crippen molar-refractivity contribution in [2.75, 3.05) is 0 Å². The van der Waals surface area contributed by atoms with E-state index in [1.165, 1.54) is 12.5 Å². The number of rotatable bonds is 5. The number of aryl methyl sites for hydroxylation is 1. The molecule has 2 N–H and O–H groups in total. The van der Waals surface area contributed by atoms with Crippen molar-refractivity contribution in [3.05, 3.63) is 35.4 Å². The van der Waals surface area contributed by atoms with Gasteiger partial charge in [-0.15, -0.1) is 0 Å². The fourth-order valence-corrected chi connectivity index (χ4v) is 1.45. The van der Waals surface area contributed by atoms with Gasteiger partial charge in [-0.05, 0) is 31.0 Å². The maximum atomic E-state index is 11.7. The predicted octanol–water partition coefficient (Wildman–Crippen LogP) is 1.84. The van der Waals surface area contributed by atoms with Crippen molar-refractivity contribution >= 4 is 11.9 Å². The number of benzene rings is 1. The third kappa shape index (κ3) is 3.90. The molecule has 0 spiro atoms. The monoisotopic (exact) mass is 235 g/mol. The number of nitrogens with one attached hydrogen (secondary N) is 1. The van der Waals surface area contributed by atoms with Gasteiger partial charge in [-0.1, -0.05) is 25.5 Å². The summed E-state index contributed by atoms with van der Waals surface area (Å²) in [6.07, 6.45) is 2.04. The number of carbonyl (C=O) groups is 2. The summed E-state index contributed by atoms with van der Waals surface area (Å²) in [6, 6.07) is 6.34. The lowest BCUT2D eigenvalue weighted by Gasteiger charge is -2.09. The van der Waals surface area contributed by atoms with Crippen LogP contribution in [0.25, 0.3) is 0 Å². The molecule has 0 saturated heterocycles. The van der Waals surface area contributed by atoms with Crippen LogP contribution in [0.15, 0.2) is 24.3 Å². The molecule has 92 valence electrons. The van der Waals surface area contributed by atoms with Gasteiger partial charge in [-0.25, -0.2) is 0 Å². The lowest BCUT2D eigenvalue weighted by Crippen LogP contribution is -2.38. The molecule has 4 heteroatoms. The molecule has 0 aliphatic heterocycles. The number of carboxylic acid groups (broad SMARTS) is 1. The SMILES string of the molecule is CCCc1ccc(C(=O)N[C@H](C)C(=O)O)cc1. The first-order valence-corrected chi connectivity index (χ1v) is 5.67. The summed E-state index contributed by atoms with van der Waals surface area (Å²) in [5.41, 5.74) is 1.66. The minimum Gasteiger partial charge on any atom is -0.480 e. The van der Waals surface area contributed by atoms with E-state index in [0.29, 0.717) is 5.56 Å². The van der Waals surface area contributed by atoms with Crippen molar-refractivity contribution in [2.24, 2.45) is 0 Å². The zero-order chi connectivity index (χ0) is 12.8. The standard InChI is InChI=1S/C13H17NO3/c1-3-4-10-5-7-11(8-6-10)12(15)14-9(2)13(16)17/h5-9H,3-4H2,1-2H3,(H,14,15)(H,16,17)/t9-/m1/s1. The Hall–Kier alpha value is -1.84. The van der Waals surface area contributed by atoms with Crippen molar-refractivity contribution in [1.29, 1.82) is 0 Å². The molecule has 4 nitrogen and oxygen atoms in total. The Bertz CT molecular complexity index is 398. The molecule has 0 fully saturated rings. The van der Waals surface area contributed by atoms with Crippen LogP contribution in [0, 0.1) is 0 Å². The summed E-state index contributed by atoms with van der Waals surface area (Å²) in [6.45, 7) is 3.53. The number of aliphatic carboxylic acids is 1. The second-order valence-electron chi connectivity index (χ2n) is 3.98. The van der Waals surface area contributed by atoms with Gasteiger partial charge >= 0.3 is 5.97 Å². The molecule has 1 rings (SSSR count). The zero-order valence-corrected chi connectivity index (χ0v) is 10.1. The molecular formula is C13H17NO3. The molecule has 0 saturated carbocycles. The second-order valence-corrected chi connectivity index (χ2v) is 3.98. The van der Waals surface area contributed by atoms with Gasteiger partial charge in [0.15, 0.2) is 0 Å². The highest BCUT2D eigenvalue weighted by Gasteiger charge is 2.14. The summed E-state index contributed by atoms with van der Waals surface area (Å²) < 4.78 is 0. The van der Waals surface area contributed by atoms with Gasteiger partial charge in [0.1, 0.15) is 6.04 Å². The molecule has 0 aliphatic rings. The normalized spacial score (nSPS) is 11.9. The molecular weight excluding hydrogens is 218 g/mol. The number of carboxylic acids is 1. The van der Waals surface area contributed by atoms with Crippen LogP contribution in [0.1, 0.15) is 36.2 Å². The largest absolute Gasteiger partial charge is 0.480 e. The van der Waals surface area contributed by atoms with Crippen LogP contribution >= 0.6 is 0 Å². The molecule has 0 radical (unpaired) electrons. The van der Waals surface area contributed by atoms with E-state index in [1.807, 2.05) is 12.1 Å². The Labute approximate surface area is 101 Å². The van der Waals surface area contributed by atoms with Crippen LogP contribution in [0.3, 0.4) is 0 Å². The molecule has 0 heterocycles. The van der Waals surface area contributed by atoms with Gasteiger partial charge in [-0.3, -0.25) is 9.59 Å². The molecule has 1 atom stereocenters. The summed E-state index contributed by atoms with van der Waals surface area (Å²) in [5.74, 6) is -1.40. The molecule has 0 aromatic heterocycles. The van der Waals surface area contributed by atoms with Gasteiger partial charge in [-0.2, -0.15) is 0 Å². The summed E-state index contributed by atoms with van der Waals surface area (Å²) in [5, 5.41) is 11.1. The van der Waals surface area contributed by atoms with Crippen molar-refractivity contribution in [3.8, 4) is 0 Å². The van der Waals surface area contributed by atoms with Crippen LogP contribution in [0.4, 0.5) is 0 Å². The first kappa shape index (κ1) is 13.2. The van der Waals surface area contributed by atoms with E-state index in [2.05, 4.69) is 12.2 Å². The lowest BCUT2D eigenvalue weighted by molar-refractivity contribution is -0.138. The van der Waals surface area contributed by atoms with Gasteiger partial charge in [0.25, 0.3) is 5.91 Å². The average molecular weight is 235 g/mol. The van der Waals surface area contributed by atoms with Crippen molar-refractivity contribution in [1.82, 2.24) is 5.32 Å². The summed E-state index contributed by atoms with van der Waals surface area (Å²) >= 11 is 0. The second kappa shape index (κ2) is 6.03. The Balaban J connectivity index is 2.66. The van der Waals surface area contributed by atoms with E-state index >= 15 is 0 Å². The van der Waals surface area contributed by atoms with Gasteiger partial charge in [0, 0.05) is 5.56 Å². The topological polar surface area (TPSA) is 66.4 Å². The van der Waals surface area contributed by atoms with E-state index in [4.69, 9.17) is 5.11 Å². The minimum absolute atomic E-state index is 0.358. The summed E-state index contributed by atoms with van der Waals surface area (Å²) in [7, 11) is 0. The van der Waals surface area contributed by atoms with Gasteiger partial charge < -0.3 is 10.4 Å². The first-order chi connectivity index (χ1) is 8.04. The maximum absolute atomic E-state index is 11.7. The molecule has 1 amide bonds. The number of carbonyl (C=O) groups excluding carboxylic acids is 1. The van der Waals surface area contributed by atoms with Gasteiger partial charge in [0.2, 0.25) is 0 Å². The van der Waals surface area contributed by atoms with Crippen LogP contribution in [-0.4, -0.2) is 23.0 Å². The smallest absolute Gasteiger partial charge is 0.325 e. The molecule has 0 aliphatic carbocycles. The highest BCUT2D eigenvalue weighted by molar-refractivity contribution is 5.96. The molecule has 17 heavy (non-hydrogen) atoms. The first-order valence-electron chi connectivity index (χ1n) is 5.67. The Morgan fingerprint density at radius 3 is 2.35 bits per heavy atom. The van der Waals surface area contributed by atoms with Crippen molar-refractivity contribution < 1.29 is 14.7 Å². The highest BCUT2D eigenvalue weighted by atomic mass is 16.4. The summed E-state index contributed by atoms with van der Waals surface area (Å²) in [4.78, 5) is 22.2. The van der Waals surface area contributed by atoms with Crippen LogP contribution < -0.4 is 5.32 Å². The third-order valence-electron chi connectivity index (χ3n) is 2.47. The van der Waals surface area contributed by atoms with Crippen LogP contribution in [-0.2, 0) is 11.2 Å². The number of amides is 1. The fourth-order valence-electron chi connectivity index (χ4n) is 1.45. The van der Waals surface area contributed by atoms with Crippen molar-refractivity contribution in [3.63, 3.8) is 0 Å². The maximum Gasteiger partial charge on any atom is 0.325 e. The lowest BCUT2D eigenvalue weighted by atomic mass is 10.1. The third-order valence-corrected chi connectivity index (χ3v) is 2.47. The number of hydrogen-bond acceptors (Lipinski definition) is 2. The van der Waals surface area contributed by atoms with Crippen LogP contribution in [0.2, 0.25) is 0 Å². The highest BCUT2D eigenvalue weighted by Crippen LogP contribution is 2.06. The van der Waals surface area contributed by atoms with Crippen LogP contribution in [0.5, 0.6) is 0 Å². The van der Waals surface area contributed by atoms with E-state index < -0.39 is 12.0 Å². The quantitative estimate of drug-likeness (QED) is 0.818. The predicted molar refractivity (Wildman–Crippen MR) is 65.0 cm³/mol. The number of hydrogen-bond donors (Lipinski definition) is 2.